The van der Waals surface area contributed by atoms with Gasteiger partial charge < -0.3 is 9.72 Å². The molecule has 94 valence electrons. The zero-order valence-electron chi connectivity index (χ0n) is 10.2. The number of H-pyrrole nitrogens is 1. The topological polar surface area (TPSA) is 59.2 Å². The molecular weight excluding hydrogens is 230 g/mol. The largest absolute Gasteiger partial charge is 0.465 e. The van der Waals surface area contributed by atoms with Gasteiger partial charge in [0.1, 0.15) is 12.2 Å². The number of ketones is 1. The number of Topliss-reactive ketones (excluding diaryl/α,β-unsaturated/α-hetero) is 1. The molecule has 0 radical (unpaired) electrons. The van der Waals surface area contributed by atoms with E-state index in [0.717, 1.165) is 16.5 Å². The van der Waals surface area contributed by atoms with Crippen molar-refractivity contribution >= 4 is 22.7 Å². The maximum Gasteiger partial charge on any atom is 0.313 e. The number of aromatic nitrogens is 1. The van der Waals surface area contributed by atoms with Gasteiger partial charge in [-0.1, -0.05) is 18.2 Å². The van der Waals surface area contributed by atoms with Gasteiger partial charge in [0.25, 0.3) is 0 Å². The van der Waals surface area contributed by atoms with Gasteiger partial charge in [-0.25, -0.2) is 0 Å². The first-order chi connectivity index (χ1) is 8.66. The van der Waals surface area contributed by atoms with Crippen LogP contribution in [0.3, 0.4) is 0 Å². The van der Waals surface area contributed by atoms with Crippen molar-refractivity contribution in [3.63, 3.8) is 0 Å². The van der Waals surface area contributed by atoms with E-state index in [2.05, 4.69) is 4.98 Å². The highest BCUT2D eigenvalue weighted by atomic mass is 16.5. The molecule has 0 saturated heterocycles. The van der Waals surface area contributed by atoms with Gasteiger partial charge in [0, 0.05) is 23.5 Å². The smallest absolute Gasteiger partial charge is 0.313 e. The van der Waals surface area contributed by atoms with Crippen molar-refractivity contribution in [2.45, 2.75) is 19.8 Å². The molecule has 0 atom stereocenters. The fourth-order valence-corrected chi connectivity index (χ4v) is 1.87. The quantitative estimate of drug-likeness (QED) is 0.649. The number of ether oxygens (including phenoxy) is 1. The van der Waals surface area contributed by atoms with Crippen molar-refractivity contribution in [1.29, 1.82) is 0 Å². The van der Waals surface area contributed by atoms with Gasteiger partial charge in [-0.05, 0) is 18.6 Å². The summed E-state index contributed by atoms with van der Waals surface area (Å²) in [6.45, 7) is 1.68. The van der Waals surface area contributed by atoms with E-state index in [1.807, 2.05) is 30.5 Å². The molecule has 2 rings (SSSR count). The summed E-state index contributed by atoms with van der Waals surface area (Å²) in [4.78, 5) is 25.1. The Morgan fingerprint density at radius 3 is 2.83 bits per heavy atom. The Kier molecular flexibility index (Phi) is 3.77. The fourth-order valence-electron chi connectivity index (χ4n) is 1.87. The van der Waals surface area contributed by atoms with Crippen LogP contribution in [-0.2, 0) is 20.7 Å². The van der Waals surface area contributed by atoms with E-state index < -0.39 is 5.97 Å². The SMILES string of the molecule is CC(=O)CC(=O)OCCc1c[nH]c2ccccc12. The van der Waals surface area contributed by atoms with Crippen molar-refractivity contribution in [3.8, 4) is 0 Å². The number of hydrogen-bond donors (Lipinski definition) is 1. The maximum absolute atomic E-state index is 11.2. The Labute approximate surface area is 105 Å². The van der Waals surface area contributed by atoms with E-state index in [4.69, 9.17) is 4.74 Å². The van der Waals surface area contributed by atoms with E-state index >= 15 is 0 Å². The molecule has 0 amide bonds. The fraction of sp³-hybridized carbons (Fsp3) is 0.286. The minimum Gasteiger partial charge on any atom is -0.465 e. The maximum atomic E-state index is 11.2. The van der Waals surface area contributed by atoms with Crippen LogP contribution in [0.5, 0.6) is 0 Å². The standard InChI is InChI=1S/C14H15NO3/c1-10(16)8-14(17)18-7-6-11-9-15-13-5-3-2-4-12(11)13/h2-5,9,15H,6-8H2,1H3. The Hall–Kier alpha value is -2.10. The molecule has 1 heterocycles. The third-order valence-corrected chi connectivity index (χ3v) is 2.70. The van der Waals surface area contributed by atoms with Gasteiger partial charge in [-0.3, -0.25) is 9.59 Å². The number of fused-ring (bicyclic) bond motifs is 1. The average Bonchev–Trinajstić information content (AvgIpc) is 2.72. The molecule has 0 fully saturated rings. The average molecular weight is 245 g/mol. The van der Waals surface area contributed by atoms with Crippen LogP contribution in [0.4, 0.5) is 0 Å². The summed E-state index contributed by atoms with van der Waals surface area (Å²) in [5, 5.41) is 1.14. The summed E-state index contributed by atoms with van der Waals surface area (Å²) in [5.41, 5.74) is 2.18. The van der Waals surface area contributed by atoms with Crippen LogP contribution in [0.1, 0.15) is 18.9 Å². The monoisotopic (exact) mass is 245 g/mol. The third-order valence-electron chi connectivity index (χ3n) is 2.70. The van der Waals surface area contributed by atoms with Crippen molar-refractivity contribution in [3.05, 3.63) is 36.0 Å². The first-order valence-electron chi connectivity index (χ1n) is 5.87. The van der Waals surface area contributed by atoms with Crippen LogP contribution in [-0.4, -0.2) is 23.3 Å². The summed E-state index contributed by atoms with van der Waals surface area (Å²) in [6, 6.07) is 7.97. The predicted molar refractivity (Wildman–Crippen MR) is 68.3 cm³/mol. The Morgan fingerprint density at radius 1 is 1.28 bits per heavy atom. The Morgan fingerprint density at radius 2 is 2.06 bits per heavy atom. The highest BCUT2D eigenvalue weighted by Crippen LogP contribution is 2.17. The Balaban J connectivity index is 1.91. The number of esters is 1. The Bertz CT molecular complexity index is 571. The van der Waals surface area contributed by atoms with E-state index in [1.165, 1.54) is 6.92 Å². The minimum absolute atomic E-state index is 0.145. The highest BCUT2D eigenvalue weighted by Gasteiger charge is 2.07. The normalized spacial score (nSPS) is 10.5. The van der Waals surface area contributed by atoms with Gasteiger partial charge in [-0.2, -0.15) is 0 Å². The lowest BCUT2D eigenvalue weighted by Gasteiger charge is -2.02. The van der Waals surface area contributed by atoms with Crippen LogP contribution in [0.2, 0.25) is 0 Å². The lowest BCUT2D eigenvalue weighted by atomic mass is 10.1. The molecule has 0 spiro atoms. The molecule has 4 heteroatoms. The minimum atomic E-state index is -0.456. The third kappa shape index (κ3) is 2.97. The predicted octanol–water partition coefficient (Wildman–Crippen LogP) is 2.23. The first-order valence-corrected chi connectivity index (χ1v) is 5.87. The number of nitrogens with one attached hydrogen (secondary N) is 1. The van der Waals surface area contributed by atoms with Crippen molar-refractivity contribution in [2.75, 3.05) is 6.61 Å². The molecule has 18 heavy (non-hydrogen) atoms. The van der Waals surface area contributed by atoms with Crippen molar-refractivity contribution < 1.29 is 14.3 Å². The van der Waals surface area contributed by atoms with E-state index in [1.54, 1.807) is 0 Å². The number of hydrogen-bond acceptors (Lipinski definition) is 3. The van der Waals surface area contributed by atoms with E-state index in [9.17, 15) is 9.59 Å². The molecule has 0 aliphatic heterocycles. The van der Waals surface area contributed by atoms with Gasteiger partial charge in [-0.15, -0.1) is 0 Å². The lowest BCUT2D eigenvalue weighted by molar-refractivity contribution is -0.145. The molecule has 1 N–H and O–H groups in total. The van der Waals surface area contributed by atoms with Crippen LogP contribution in [0, 0.1) is 0 Å². The number of aromatic amines is 1. The summed E-state index contributed by atoms with van der Waals surface area (Å²) < 4.78 is 5.00. The molecule has 1 aromatic heterocycles. The van der Waals surface area contributed by atoms with Crippen molar-refractivity contribution in [1.82, 2.24) is 4.98 Å². The molecule has 0 aliphatic carbocycles. The van der Waals surface area contributed by atoms with Gasteiger partial charge >= 0.3 is 5.97 Å². The number of carbonyl (C=O) groups is 2. The summed E-state index contributed by atoms with van der Waals surface area (Å²) in [6.07, 6.45) is 2.42. The molecule has 0 aliphatic rings. The molecule has 0 bridgehead atoms. The summed E-state index contributed by atoms with van der Waals surface area (Å²) >= 11 is 0. The van der Waals surface area contributed by atoms with Gasteiger partial charge in [0.05, 0.1) is 6.61 Å². The molecule has 0 unspecified atom stereocenters. The second-order valence-electron chi connectivity index (χ2n) is 4.21. The molecular formula is C14H15NO3. The first kappa shape index (κ1) is 12.4. The number of para-hydroxylation sites is 1. The second kappa shape index (κ2) is 5.49. The molecule has 0 saturated carbocycles. The summed E-state index contributed by atoms with van der Waals surface area (Å²) in [7, 11) is 0. The van der Waals surface area contributed by atoms with Crippen LogP contribution < -0.4 is 0 Å². The zero-order valence-corrected chi connectivity index (χ0v) is 10.2. The number of carbonyl (C=O) groups excluding carboxylic acids is 2. The molecule has 2 aromatic rings. The van der Waals surface area contributed by atoms with Crippen LogP contribution in [0.15, 0.2) is 30.5 Å². The van der Waals surface area contributed by atoms with E-state index in [-0.39, 0.29) is 12.2 Å². The highest BCUT2D eigenvalue weighted by molar-refractivity contribution is 5.94. The number of benzene rings is 1. The summed E-state index contributed by atoms with van der Waals surface area (Å²) in [5.74, 6) is -0.630. The zero-order chi connectivity index (χ0) is 13.0. The van der Waals surface area contributed by atoms with Crippen LogP contribution in [0.25, 0.3) is 10.9 Å². The van der Waals surface area contributed by atoms with E-state index in [0.29, 0.717) is 13.0 Å². The van der Waals surface area contributed by atoms with Gasteiger partial charge in [0.15, 0.2) is 0 Å². The van der Waals surface area contributed by atoms with Gasteiger partial charge in [0.2, 0.25) is 0 Å². The number of rotatable bonds is 5. The van der Waals surface area contributed by atoms with Crippen molar-refractivity contribution in [2.24, 2.45) is 0 Å². The molecule has 4 nitrogen and oxygen atoms in total. The van der Waals surface area contributed by atoms with Crippen LogP contribution >= 0.6 is 0 Å². The second-order valence-corrected chi connectivity index (χ2v) is 4.21. The molecule has 1 aromatic carbocycles. The lowest BCUT2D eigenvalue weighted by Crippen LogP contribution is -2.10.